The van der Waals surface area contributed by atoms with Gasteiger partial charge in [-0.2, -0.15) is 0 Å². The van der Waals surface area contributed by atoms with Crippen molar-refractivity contribution in [3.8, 4) is 5.75 Å². The molecule has 4 nitrogen and oxygen atoms in total. The van der Waals surface area contributed by atoms with Crippen LogP contribution in [0.4, 0.5) is 5.69 Å². The maximum absolute atomic E-state index is 12.8. The maximum atomic E-state index is 12.8. The molecule has 0 saturated carbocycles. The standard InChI is InChI=1S/C21H20N2O2/c1-22(13-14-25-17-9-3-2-4-10-17)15-23-19-12-6-8-16-7-5-11-18(20(16)19)21(23)24/h2-12H,13-15H2,1H3. The molecule has 4 rings (SSSR count). The highest BCUT2D eigenvalue weighted by Gasteiger charge is 2.29. The number of likely N-dealkylation sites (N-methyl/N-ethyl adjacent to an activating group) is 1. The van der Waals surface area contributed by atoms with Gasteiger partial charge in [-0.05, 0) is 36.7 Å². The number of amides is 1. The monoisotopic (exact) mass is 332 g/mol. The van der Waals surface area contributed by atoms with E-state index < -0.39 is 0 Å². The van der Waals surface area contributed by atoms with Gasteiger partial charge < -0.3 is 4.74 Å². The van der Waals surface area contributed by atoms with Crippen molar-refractivity contribution < 1.29 is 9.53 Å². The van der Waals surface area contributed by atoms with Gasteiger partial charge in [0.2, 0.25) is 0 Å². The van der Waals surface area contributed by atoms with E-state index >= 15 is 0 Å². The van der Waals surface area contributed by atoms with Gasteiger partial charge >= 0.3 is 0 Å². The summed E-state index contributed by atoms with van der Waals surface area (Å²) in [6.07, 6.45) is 0. The summed E-state index contributed by atoms with van der Waals surface area (Å²) < 4.78 is 5.74. The van der Waals surface area contributed by atoms with Gasteiger partial charge in [0.25, 0.3) is 5.91 Å². The minimum atomic E-state index is 0.0719. The summed E-state index contributed by atoms with van der Waals surface area (Å²) in [6, 6.07) is 21.8. The van der Waals surface area contributed by atoms with E-state index in [0.29, 0.717) is 13.3 Å². The molecule has 1 heterocycles. The molecule has 0 fully saturated rings. The molecular weight excluding hydrogens is 312 g/mol. The van der Waals surface area contributed by atoms with Crippen molar-refractivity contribution in [2.75, 3.05) is 31.8 Å². The predicted octanol–water partition coefficient (Wildman–Crippen LogP) is 3.77. The minimum Gasteiger partial charge on any atom is -0.492 e. The summed E-state index contributed by atoms with van der Waals surface area (Å²) in [4.78, 5) is 16.7. The third-order valence-electron chi connectivity index (χ3n) is 4.52. The number of hydrogen-bond acceptors (Lipinski definition) is 3. The molecule has 0 N–H and O–H groups in total. The Bertz CT molecular complexity index is 903. The second-order valence-electron chi connectivity index (χ2n) is 6.30. The highest BCUT2D eigenvalue weighted by molar-refractivity contribution is 6.24. The zero-order chi connectivity index (χ0) is 17.2. The molecule has 1 aliphatic rings. The summed E-state index contributed by atoms with van der Waals surface area (Å²) in [6.45, 7) is 1.87. The molecule has 0 unspecified atom stereocenters. The third kappa shape index (κ3) is 2.96. The Hall–Kier alpha value is -2.85. The smallest absolute Gasteiger partial charge is 0.260 e. The number of para-hydroxylation sites is 1. The quantitative estimate of drug-likeness (QED) is 0.689. The largest absolute Gasteiger partial charge is 0.492 e. The third-order valence-corrected chi connectivity index (χ3v) is 4.52. The zero-order valence-corrected chi connectivity index (χ0v) is 14.2. The van der Waals surface area contributed by atoms with Crippen LogP contribution < -0.4 is 9.64 Å². The lowest BCUT2D eigenvalue weighted by molar-refractivity contribution is 0.0975. The summed E-state index contributed by atoms with van der Waals surface area (Å²) >= 11 is 0. The van der Waals surface area contributed by atoms with Crippen molar-refractivity contribution >= 4 is 22.4 Å². The Balaban J connectivity index is 1.43. The summed E-state index contributed by atoms with van der Waals surface area (Å²) in [5.41, 5.74) is 1.79. The topological polar surface area (TPSA) is 32.8 Å². The van der Waals surface area contributed by atoms with Gasteiger partial charge in [0.05, 0.1) is 12.4 Å². The summed E-state index contributed by atoms with van der Waals surface area (Å²) in [7, 11) is 2.00. The Labute approximate surface area is 147 Å². The first-order chi connectivity index (χ1) is 12.2. The molecule has 0 bridgehead atoms. The molecule has 0 saturated heterocycles. The first kappa shape index (κ1) is 15.7. The van der Waals surface area contributed by atoms with Crippen LogP contribution in [-0.4, -0.2) is 37.7 Å². The average molecular weight is 332 g/mol. The average Bonchev–Trinajstić information content (AvgIpc) is 2.91. The molecular formula is C21H20N2O2. The van der Waals surface area contributed by atoms with Gasteiger partial charge in [-0.3, -0.25) is 14.6 Å². The molecule has 25 heavy (non-hydrogen) atoms. The van der Waals surface area contributed by atoms with Gasteiger partial charge in [0.1, 0.15) is 12.4 Å². The van der Waals surface area contributed by atoms with Crippen molar-refractivity contribution in [2.45, 2.75) is 0 Å². The van der Waals surface area contributed by atoms with E-state index in [2.05, 4.69) is 17.0 Å². The Morgan fingerprint density at radius 3 is 2.52 bits per heavy atom. The normalized spacial score (nSPS) is 13.0. The fourth-order valence-corrected chi connectivity index (χ4v) is 3.27. The summed E-state index contributed by atoms with van der Waals surface area (Å²) in [5, 5.41) is 2.17. The van der Waals surface area contributed by atoms with Gasteiger partial charge in [0.15, 0.2) is 0 Å². The first-order valence-corrected chi connectivity index (χ1v) is 8.44. The molecule has 3 aromatic carbocycles. The lowest BCUT2D eigenvalue weighted by atomic mass is 10.1. The highest BCUT2D eigenvalue weighted by Crippen LogP contribution is 2.36. The van der Waals surface area contributed by atoms with Crippen LogP contribution in [0, 0.1) is 0 Å². The van der Waals surface area contributed by atoms with Gasteiger partial charge in [-0.1, -0.05) is 42.5 Å². The van der Waals surface area contributed by atoms with E-state index in [9.17, 15) is 4.79 Å². The predicted molar refractivity (Wildman–Crippen MR) is 100 cm³/mol. The van der Waals surface area contributed by atoms with E-state index in [0.717, 1.165) is 34.3 Å². The SMILES string of the molecule is CN(CCOc1ccccc1)CN1C(=O)c2cccc3cccc1c23. The molecule has 0 aromatic heterocycles. The van der Waals surface area contributed by atoms with Gasteiger partial charge in [-0.25, -0.2) is 0 Å². The van der Waals surface area contributed by atoms with Crippen LogP contribution in [0.5, 0.6) is 5.75 Å². The van der Waals surface area contributed by atoms with E-state index in [4.69, 9.17) is 4.74 Å². The molecule has 1 amide bonds. The van der Waals surface area contributed by atoms with E-state index in [1.54, 1.807) is 0 Å². The maximum Gasteiger partial charge on any atom is 0.260 e. The molecule has 0 radical (unpaired) electrons. The second kappa shape index (κ2) is 6.57. The van der Waals surface area contributed by atoms with Crippen LogP contribution in [0.15, 0.2) is 66.7 Å². The van der Waals surface area contributed by atoms with Crippen molar-refractivity contribution in [2.24, 2.45) is 0 Å². The van der Waals surface area contributed by atoms with Crippen LogP contribution in [0.25, 0.3) is 10.8 Å². The van der Waals surface area contributed by atoms with Crippen LogP contribution >= 0.6 is 0 Å². The van der Waals surface area contributed by atoms with Crippen molar-refractivity contribution in [3.05, 3.63) is 72.3 Å². The molecule has 0 aliphatic carbocycles. The number of ether oxygens (including phenoxy) is 1. The molecule has 0 spiro atoms. The number of nitrogens with zero attached hydrogens (tertiary/aromatic N) is 2. The van der Waals surface area contributed by atoms with E-state index in [-0.39, 0.29) is 5.91 Å². The lowest BCUT2D eigenvalue weighted by Gasteiger charge is -2.25. The Morgan fingerprint density at radius 2 is 1.72 bits per heavy atom. The molecule has 126 valence electrons. The number of benzene rings is 3. The Morgan fingerprint density at radius 1 is 0.960 bits per heavy atom. The molecule has 0 atom stereocenters. The Kier molecular flexibility index (Phi) is 4.12. The van der Waals surface area contributed by atoms with Gasteiger partial charge in [0, 0.05) is 17.5 Å². The van der Waals surface area contributed by atoms with E-state index in [1.165, 1.54) is 0 Å². The number of rotatable bonds is 6. The van der Waals surface area contributed by atoms with Crippen molar-refractivity contribution in [1.82, 2.24) is 4.90 Å². The molecule has 3 aromatic rings. The van der Waals surface area contributed by atoms with Crippen LogP contribution in [0.3, 0.4) is 0 Å². The molecule has 1 aliphatic heterocycles. The zero-order valence-electron chi connectivity index (χ0n) is 14.2. The number of carbonyl (C=O) groups is 1. The number of carbonyl (C=O) groups excluding carboxylic acids is 1. The number of hydrogen-bond donors (Lipinski definition) is 0. The van der Waals surface area contributed by atoms with E-state index in [1.807, 2.05) is 66.5 Å². The summed E-state index contributed by atoms with van der Waals surface area (Å²) in [5.74, 6) is 0.938. The molecule has 4 heteroatoms. The van der Waals surface area contributed by atoms with Crippen molar-refractivity contribution in [1.29, 1.82) is 0 Å². The number of anilines is 1. The van der Waals surface area contributed by atoms with Crippen LogP contribution in [0.1, 0.15) is 10.4 Å². The second-order valence-corrected chi connectivity index (χ2v) is 6.30. The fraction of sp³-hybridized carbons (Fsp3) is 0.190. The minimum absolute atomic E-state index is 0.0719. The fourth-order valence-electron chi connectivity index (χ4n) is 3.27. The lowest BCUT2D eigenvalue weighted by Crippen LogP contribution is -2.39. The van der Waals surface area contributed by atoms with Crippen molar-refractivity contribution in [3.63, 3.8) is 0 Å². The van der Waals surface area contributed by atoms with Crippen LogP contribution in [-0.2, 0) is 0 Å². The first-order valence-electron chi connectivity index (χ1n) is 8.44. The highest BCUT2D eigenvalue weighted by atomic mass is 16.5. The van der Waals surface area contributed by atoms with Gasteiger partial charge in [-0.15, -0.1) is 0 Å². The van der Waals surface area contributed by atoms with Crippen LogP contribution in [0.2, 0.25) is 0 Å².